The number of hydrogen-bond acceptors (Lipinski definition) is 3. The standard InChI is InChI=1S/C20H31NO2S/c1-20(2,3)23-19(22)21-14-12-17(13-15-21)7-5-6-16-8-10-18(24-4)11-9-16/h8-11,17H,5-7,12-15H2,1-4H3. The fourth-order valence-electron chi connectivity index (χ4n) is 3.12. The predicted octanol–water partition coefficient (Wildman–Crippen LogP) is 5.38. The van der Waals surface area contributed by atoms with Gasteiger partial charge in [-0.25, -0.2) is 4.79 Å². The van der Waals surface area contributed by atoms with Gasteiger partial charge in [-0.15, -0.1) is 11.8 Å². The summed E-state index contributed by atoms with van der Waals surface area (Å²) in [4.78, 5) is 15.3. The van der Waals surface area contributed by atoms with E-state index in [1.807, 2.05) is 25.7 Å². The highest BCUT2D eigenvalue weighted by Gasteiger charge is 2.26. The maximum Gasteiger partial charge on any atom is 0.410 e. The summed E-state index contributed by atoms with van der Waals surface area (Å²) in [5.74, 6) is 0.745. The summed E-state index contributed by atoms with van der Waals surface area (Å²) in [5.41, 5.74) is 1.03. The topological polar surface area (TPSA) is 29.5 Å². The molecule has 0 bridgehead atoms. The molecule has 24 heavy (non-hydrogen) atoms. The average molecular weight is 350 g/mol. The largest absolute Gasteiger partial charge is 0.444 e. The minimum Gasteiger partial charge on any atom is -0.444 e. The zero-order chi connectivity index (χ0) is 17.6. The highest BCUT2D eigenvalue weighted by atomic mass is 32.2. The molecular formula is C20H31NO2S. The van der Waals surface area contributed by atoms with Gasteiger partial charge in [0.25, 0.3) is 0 Å². The van der Waals surface area contributed by atoms with Crippen LogP contribution < -0.4 is 0 Å². The van der Waals surface area contributed by atoms with Gasteiger partial charge in [0.1, 0.15) is 5.60 Å². The normalized spacial score (nSPS) is 16.2. The van der Waals surface area contributed by atoms with E-state index in [-0.39, 0.29) is 6.09 Å². The summed E-state index contributed by atoms with van der Waals surface area (Å²) in [7, 11) is 0. The van der Waals surface area contributed by atoms with E-state index >= 15 is 0 Å². The van der Waals surface area contributed by atoms with Crippen LogP contribution in [0.1, 0.15) is 52.0 Å². The second-order valence-corrected chi connectivity index (χ2v) is 8.53. The Morgan fingerprint density at radius 3 is 2.38 bits per heavy atom. The third kappa shape index (κ3) is 6.39. The van der Waals surface area contributed by atoms with Crippen molar-refractivity contribution in [3.63, 3.8) is 0 Å². The Morgan fingerprint density at radius 1 is 1.21 bits per heavy atom. The third-order valence-electron chi connectivity index (χ3n) is 4.50. The molecule has 0 radical (unpaired) electrons. The molecule has 0 spiro atoms. The number of thioether (sulfide) groups is 1. The summed E-state index contributed by atoms with van der Waals surface area (Å²) in [6.07, 6.45) is 7.80. The zero-order valence-electron chi connectivity index (χ0n) is 15.5. The molecule has 1 aromatic rings. The van der Waals surface area contributed by atoms with Crippen molar-refractivity contribution in [1.82, 2.24) is 4.90 Å². The number of carbonyl (C=O) groups excluding carboxylic acids is 1. The van der Waals surface area contributed by atoms with Gasteiger partial charge in [0, 0.05) is 18.0 Å². The van der Waals surface area contributed by atoms with Crippen molar-refractivity contribution in [2.45, 2.75) is 63.4 Å². The average Bonchev–Trinajstić information content (AvgIpc) is 2.54. The fraction of sp³-hybridized carbons (Fsp3) is 0.650. The lowest BCUT2D eigenvalue weighted by molar-refractivity contribution is 0.0180. The van der Waals surface area contributed by atoms with E-state index in [9.17, 15) is 4.79 Å². The maximum absolute atomic E-state index is 12.1. The van der Waals surface area contributed by atoms with E-state index in [2.05, 4.69) is 30.5 Å². The van der Waals surface area contributed by atoms with Crippen molar-refractivity contribution in [1.29, 1.82) is 0 Å². The Bertz CT molecular complexity index is 513. The van der Waals surface area contributed by atoms with E-state index in [1.54, 1.807) is 11.8 Å². The second kappa shape index (κ2) is 8.80. The van der Waals surface area contributed by atoms with Gasteiger partial charge in [0.2, 0.25) is 0 Å². The van der Waals surface area contributed by atoms with Crippen molar-refractivity contribution in [2.75, 3.05) is 19.3 Å². The lowest BCUT2D eigenvalue weighted by Crippen LogP contribution is -2.41. The summed E-state index contributed by atoms with van der Waals surface area (Å²) in [6.45, 7) is 7.43. The third-order valence-corrected chi connectivity index (χ3v) is 5.25. The smallest absolute Gasteiger partial charge is 0.410 e. The van der Waals surface area contributed by atoms with Gasteiger partial charge < -0.3 is 9.64 Å². The number of benzene rings is 1. The van der Waals surface area contributed by atoms with E-state index in [0.717, 1.165) is 38.3 Å². The number of hydrogen-bond donors (Lipinski definition) is 0. The number of carbonyl (C=O) groups is 1. The van der Waals surface area contributed by atoms with E-state index in [4.69, 9.17) is 4.74 Å². The predicted molar refractivity (Wildman–Crippen MR) is 102 cm³/mol. The summed E-state index contributed by atoms with van der Waals surface area (Å²) in [5, 5.41) is 0. The molecule has 0 aliphatic carbocycles. The van der Waals surface area contributed by atoms with Crippen LogP contribution >= 0.6 is 11.8 Å². The van der Waals surface area contributed by atoms with Crippen LogP contribution in [0.4, 0.5) is 4.79 Å². The summed E-state index contributed by atoms with van der Waals surface area (Å²) < 4.78 is 5.46. The molecule has 1 fully saturated rings. The van der Waals surface area contributed by atoms with Crippen molar-refractivity contribution in [3.05, 3.63) is 29.8 Å². The van der Waals surface area contributed by atoms with Gasteiger partial charge in [-0.2, -0.15) is 0 Å². The Kier molecular flexibility index (Phi) is 7.02. The lowest BCUT2D eigenvalue weighted by atomic mass is 9.91. The van der Waals surface area contributed by atoms with Crippen LogP contribution in [0.2, 0.25) is 0 Å². The number of ether oxygens (including phenoxy) is 1. The molecule has 1 aromatic carbocycles. The molecule has 1 saturated heterocycles. The number of nitrogens with zero attached hydrogens (tertiary/aromatic N) is 1. The Labute approximate surface area is 151 Å². The van der Waals surface area contributed by atoms with Crippen molar-refractivity contribution < 1.29 is 9.53 Å². The van der Waals surface area contributed by atoms with E-state index < -0.39 is 5.60 Å². The quantitative estimate of drug-likeness (QED) is 0.669. The van der Waals surface area contributed by atoms with Gasteiger partial charge in [0.05, 0.1) is 0 Å². The minimum absolute atomic E-state index is 0.158. The van der Waals surface area contributed by atoms with Crippen molar-refractivity contribution >= 4 is 17.9 Å². The molecule has 0 aromatic heterocycles. The second-order valence-electron chi connectivity index (χ2n) is 7.65. The molecule has 0 atom stereocenters. The number of aryl methyl sites for hydroxylation is 1. The number of likely N-dealkylation sites (tertiary alicyclic amines) is 1. The summed E-state index contributed by atoms with van der Waals surface area (Å²) in [6, 6.07) is 8.91. The first-order valence-corrected chi connectivity index (χ1v) is 10.2. The number of piperidine rings is 1. The molecule has 3 nitrogen and oxygen atoms in total. The van der Waals surface area contributed by atoms with Crippen LogP contribution in [0.25, 0.3) is 0 Å². The Morgan fingerprint density at radius 2 is 1.83 bits per heavy atom. The van der Waals surface area contributed by atoms with Crippen LogP contribution in [0, 0.1) is 5.92 Å². The highest BCUT2D eigenvalue weighted by Crippen LogP contribution is 2.24. The highest BCUT2D eigenvalue weighted by molar-refractivity contribution is 7.98. The van der Waals surface area contributed by atoms with E-state index in [0.29, 0.717) is 0 Å². The molecule has 1 amide bonds. The van der Waals surface area contributed by atoms with Gasteiger partial charge in [-0.05, 0) is 82.7 Å². The van der Waals surface area contributed by atoms with Crippen molar-refractivity contribution in [2.24, 2.45) is 5.92 Å². The molecule has 2 rings (SSSR count). The maximum atomic E-state index is 12.1. The Hall–Kier alpha value is -1.16. The van der Waals surface area contributed by atoms with Gasteiger partial charge >= 0.3 is 6.09 Å². The van der Waals surface area contributed by atoms with Gasteiger partial charge in [-0.1, -0.05) is 12.1 Å². The number of rotatable bonds is 5. The van der Waals surface area contributed by atoms with Crippen LogP contribution in [0.5, 0.6) is 0 Å². The van der Waals surface area contributed by atoms with E-state index in [1.165, 1.54) is 23.3 Å². The first-order valence-electron chi connectivity index (χ1n) is 8.98. The van der Waals surface area contributed by atoms with Crippen LogP contribution in [0.3, 0.4) is 0 Å². The first kappa shape index (κ1) is 19.2. The SMILES string of the molecule is CSc1ccc(CCCC2CCN(C(=O)OC(C)(C)C)CC2)cc1. The lowest BCUT2D eigenvalue weighted by Gasteiger charge is -2.33. The molecule has 4 heteroatoms. The van der Waals surface area contributed by atoms with Crippen LogP contribution in [-0.2, 0) is 11.2 Å². The molecule has 1 aliphatic heterocycles. The van der Waals surface area contributed by atoms with Crippen LogP contribution in [0.15, 0.2) is 29.2 Å². The molecule has 0 unspecified atom stereocenters. The monoisotopic (exact) mass is 349 g/mol. The molecule has 0 saturated carbocycles. The van der Waals surface area contributed by atoms with Crippen molar-refractivity contribution in [3.8, 4) is 0 Å². The first-order chi connectivity index (χ1) is 11.4. The molecule has 0 N–H and O–H groups in total. The molecule has 1 aliphatic rings. The zero-order valence-corrected chi connectivity index (χ0v) is 16.3. The minimum atomic E-state index is -0.403. The van der Waals surface area contributed by atoms with Crippen LogP contribution in [-0.4, -0.2) is 35.9 Å². The van der Waals surface area contributed by atoms with Gasteiger partial charge in [-0.3, -0.25) is 0 Å². The molecule has 1 heterocycles. The summed E-state index contributed by atoms with van der Waals surface area (Å²) >= 11 is 1.79. The molecular weight excluding hydrogens is 318 g/mol. The van der Waals surface area contributed by atoms with Gasteiger partial charge in [0.15, 0.2) is 0 Å². The Balaban J connectivity index is 1.66. The molecule has 134 valence electrons. The number of amides is 1. The fourth-order valence-corrected chi connectivity index (χ4v) is 3.53.